The van der Waals surface area contributed by atoms with Gasteiger partial charge in [-0.1, -0.05) is 12.1 Å². The van der Waals surface area contributed by atoms with Gasteiger partial charge in [0.1, 0.15) is 5.78 Å². The van der Waals surface area contributed by atoms with E-state index in [1.807, 2.05) is 18.2 Å². The highest BCUT2D eigenvalue weighted by Gasteiger charge is 2.20. The molecular formula is C18H17IO4. The molecule has 0 atom stereocenters. The van der Waals surface area contributed by atoms with Crippen molar-refractivity contribution in [1.82, 2.24) is 0 Å². The zero-order chi connectivity index (χ0) is 17.0. The molecule has 0 aliphatic rings. The summed E-state index contributed by atoms with van der Waals surface area (Å²) in [5, 5.41) is 0. The SMILES string of the molecule is COc1cc(CC(C)=O)c(C(=O)c2ccccc2I)cc1OC. The molecule has 0 bridgehead atoms. The lowest BCUT2D eigenvalue weighted by molar-refractivity contribution is -0.116. The minimum atomic E-state index is -0.132. The predicted molar refractivity (Wildman–Crippen MR) is 96.5 cm³/mol. The van der Waals surface area contributed by atoms with Crippen LogP contribution in [0, 0.1) is 3.57 Å². The largest absolute Gasteiger partial charge is 0.493 e. The Bertz CT molecular complexity index is 753. The summed E-state index contributed by atoms with van der Waals surface area (Å²) >= 11 is 2.13. The summed E-state index contributed by atoms with van der Waals surface area (Å²) in [6, 6.07) is 10.7. The number of benzene rings is 2. The Hall–Kier alpha value is -1.89. The first-order chi connectivity index (χ1) is 11.0. The van der Waals surface area contributed by atoms with Gasteiger partial charge < -0.3 is 9.47 Å². The van der Waals surface area contributed by atoms with Crippen LogP contribution in [0.5, 0.6) is 11.5 Å². The zero-order valence-electron chi connectivity index (χ0n) is 13.2. The zero-order valence-corrected chi connectivity index (χ0v) is 15.3. The number of methoxy groups -OCH3 is 2. The van der Waals surface area contributed by atoms with Crippen LogP contribution in [0.2, 0.25) is 0 Å². The molecule has 0 aromatic heterocycles. The Kier molecular flexibility index (Phi) is 5.76. The van der Waals surface area contributed by atoms with E-state index in [4.69, 9.17) is 9.47 Å². The molecule has 2 aromatic carbocycles. The van der Waals surface area contributed by atoms with Crippen molar-refractivity contribution in [3.05, 3.63) is 56.7 Å². The van der Waals surface area contributed by atoms with Gasteiger partial charge in [0, 0.05) is 21.1 Å². The fourth-order valence-corrected chi connectivity index (χ4v) is 2.97. The summed E-state index contributed by atoms with van der Waals surface area (Å²) in [6.07, 6.45) is 0.171. The first-order valence-electron chi connectivity index (χ1n) is 7.01. The van der Waals surface area contributed by atoms with Gasteiger partial charge in [-0.3, -0.25) is 9.59 Å². The molecule has 0 unspecified atom stereocenters. The van der Waals surface area contributed by atoms with E-state index in [1.54, 1.807) is 18.2 Å². The molecule has 120 valence electrons. The van der Waals surface area contributed by atoms with E-state index < -0.39 is 0 Å². The lowest BCUT2D eigenvalue weighted by atomic mass is 9.95. The van der Waals surface area contributed by atoms with Gasteiger partial charge in [-0.25, -0.2) is 0 Å². The second kappa shape index (κ2) is 7.59. The maximum atomic E-state index is 12.9. The summed E-state index contributed by atoms with van der Waals surface area (Å²) < 4.78 is 11.4. The first kappa shape index (κ1) is 17.5. The third-order valence-electron chi connectivity index (χ3n) is 3.41. The molecule has 2 aromatic rings. The van der Waals surface area contributed by atoms with Crippen LogP contribution in [0.3, 0.4) is 0 Å². The third-order valence-corrected chi connectivity index (χ3v) is 4.35. The molecule has 0 amide bonds. The van der Waals surface area contributed by atoms with Crippen molar-refractivity contribution in [2.24, 2.45) is 0 Å². The average Bonchev–Trinajstić information content (AvgIpc) is 2.53. The van der Waals surface area contributed by atoms with Crippen LogP contribution >= 0.6 is 22.6 Å². The monoisotopic (exact) mass is 424 g/mol. The fourth-order valence-electron chi connectivity index (χ4n) is 2.34. The number of ether oxygens (including phenoxy) is 2. The number of Topliss-reactive ketones (excluding diaryl/α,β-unsaturated/α-hetero) is 1. The van der Waals surface area contributed by atoms with E-state index in [9.17, 15) is 9.59 Å². The molecule has 0 heterocycles. The van der Waals surface area contributed by atoms with Crippen LogP contribution in [0.4, 0.5) is 0 Å². The van der Waals surface area contributed by atoms with Gasteiger partial charge in [-0.15, -0.1) is 0 Å². The highest BCUT2D eigenvalue weighted by molar-refractivity contribution is 14.1. The smallest absolute Gasteiger partial charge is 0.194 e. The number of hydrogen-bond donors (Lipinski definition) is 0. The standard InChI is InChI=1S/C18H17IO4/c1-11(20)8-12-9-16(22-2)17(23-3)10-14(12)18(21)13-6-4-5-7-15(13)19/h4-7,9-10H,8H2,1-3H3. The van der Waals surface area contributed by atoms with E-state index in [1.165, 1.54) is 21.1 Å². The third kappa shape index (κ3) is 3.90. The number of carbonyl (C=O) groups excluding carboxylic acids is 2. The molecule has 0 saturated carbocycles. The van der Waals surface area contributed by atoms with Crippen LogP contribution in [-0.4, -0.2) is 25.8 Å². The second-order valence-corrected chi connectivity index (χ2v) is 6.21. The van der Waals surface area contributed by atoms with Crippen LogP contribution < -0.4 is 9.47 Å². The summed E-state index contributed by atoms with van der Waals surface area (Å²) in [4.78, 5) is 24.5. The molecule has 0 saturated heterocycles. The summed E-state index contributed by atoms with van der Waals surface area (Å²) in [5.41, 5.74) is 1.70. The minimum Gasteiger partial charge on any atom is -0.493 e. The molecule has 4 nitrogen and oxygen atoms in total. The van der Waals surface area contributed by atoms with E-state index in [-0.39, 0.29) is 18.0 Å². The molecule has 0 radical (unpaired) electrons. The maximum absolute atomic E-state index is 12.9. The topological polar surface area (TPSA) is 52.6 Å². The molecule has 23 heavy (non-hydrogen) atoms. The van der Waals surface area contributed by atoms with Crippen molar-refractivity contribution in [2.75, 3.05) is 14.2 Å². The molecule has 2 rings (SSSR count). The van der Waals surface area contributed by atoms with E-state index >= 15 is 0 Å². The molecule has 0 spiro atoms. The normalized spacial score (nSPS) is 10.3. The van der Waals surface area contributed by atoms with Crippen LogP contribution in [-0.2, 0) is 11.2 Å². The molecule has 0 aliphatic heterocycles. The number of carbonyl (C=O) groups is 2. The Morgan fingerprint density at radius 2 is 1.61 bits per heavy atom. The number of halogens is 1. The van der Waals surface area contributed by atoms with Gasteiger partial charge in [-0.05, 0) is 59.3 Å². The lowest BCUT2D eigenvalue weighted by Crippen LogP contribution is -2.10. The Morgan fingerprint density at radius 3 is 2.17 bits per heavy atom. The van der Waals surface area contributed by atoms with Gasteiger partial charge in [0.05, 0.1) is 14.2 Å². The number of hydrogen-bond acceptors (Lipinski definition) is 4. The lowest BCUT2D eigenvalue weighted by Gasteiger charge is -2.14. The summed E-state index contributed by atoms with van der Waals surface area (Å²) in [6.45, 7) is 1.50. The molecule has 0 aliphatic carbocycles. The second-order valence-electron chi connectivity index (χ2n) is 5.05. The molecule has 0 N–H and O–H groups in total. The Balaban J connectivity index is 2.61. The molecule has 0 fully saturated rings. The predicted octanol–water partition coefficient (Wildman–Crippen LogP) is 3.67. The Morgan fingerprint density at radius 1 is 1.00 bits per heavy atom. The van der Waals surface area contributed by atoms with Gasteiger partial charge in [0.2, 0.25) is 0 Å². The minimum absolute atomic E-state index is 0.0194. The van der Waals surface area contributed by atoms with Crippen LogP contribution in [0.1, 0.15) is 28.4 Å². The molecular weight excluding hydrogens is 407 g/mol. The summed E-state index contributed by atoms with van der Waals surface area (Å²) in [7, 11) is 3.04. The van der Waals surface area contributed by atoms with Crippen molar-refractivity contribution < 1.29 is 19.1 Å². The van der Waals surface area contributed by atoms with Gasteiger partial charge in [0.15, 0.2) is 17.3 Å². The van der Waals surface area contributed by atoms with E-state index in [2.05, 4.69) is 22.6 Å². The Labute approximate surface area is 148 Å². The van der Waals surface area contributed by atoms with Crippen LogP contribution in [0.15, 0.2) is 36.4 Å². The van der Waals surface area contributed by atoms with Gasteiger partial charge in [0.25, 0.3) is 0 Å². The van der Waals surface area contributed by atoms with Gasteiger partial charge in [-0.2, -0.15) is 0 Å². The number of ketones is 2. The maximum Gasteiger partial charge on any atom is 0.194 e. The van der Waals surface area contributed by atoms with E-state index in [0.29, 0.717) is 28.2 Å². The van der Waals surface area contributed by atoms with Crippen molar-refractivity contribution in [1.29, 1.82) is 0 Å². The van der Waals surface area contributed by atoms with Crippen molar-refractivity contribution in [2.45, 2.75) is 13.3 Å². The fraction of sp³-hybridized carbons (Fsp3) is 0.222. The van der Waals surface area contributed by atoms with Crippen molar-refractivity contribution >= 4 is 34.2 Å². The van der Waals surface area contributed by atoms with E-state index in [0.717, 1.165) is 3.57 Å². The number of rotatable bonds is 6. The average molecular weight is 424 g/mol. The first-order valence-corrected chi connectivity index (χ1v) is 8.09. The quantitative estimate of drug-likeness (QED) is 0.525. The van der Waals surface area contributed by atoms with Crippen molar-refractivity contribution in [3.63, 3.8) is 0 Å². The van der Waals surface area contributed by atoms with Crippen molar-refractivity contribution in [3.8, 4) is 11.5 Å². The van der Waals surface area contributed by atoms with Crippen LogP contribution in [0.25, 0.3) is 0 Å². The van der Waals surface area contributed by atoms with Gasteiger partial charge >= 0.3 is 0 Å². The highest BCUT2D eigenvalue weighted by atomic mass is 127. The molecule has 5 heteroatoms. The highest BCUT2D eigenvalue weighted by Crippen LogP contribution is 2.32. The summed E-state index contributed by atoms with van der Waals surface area (Å²) in [5.74, 6) is 0.818.